The average Bonchev–Trinajstić information content (AvgIpc) is 2.28. The van der Waals surface area contributed by atoms with Gasteiger partial charge in [0, 0.05) is 0 Å². The minimum atomic E-state index is -4.54. The highest BCUT2D eigenvalue weighted by molar-refractivity contribution is 7.92. The fourth-order valence-electron chi connectivity index (χ4n) is 1.29. The van der Waals surface area contributed by atoms with E-state index >= 15 is 0 Å². The van der Waals surface area contributed by atoms with Gasteiger partial charge in [-0.2, -0.15) is 13.2 Å². The van der Waals surface area contributed by atoms with Crippen molar-refractivity contribution in [2.75, 3.05) is 24.1 Å². The SMILES string of the molecule is CNCCCS(=O)(=O)Nc1ccc(C(F)(F)F)nc1. The van der Waals surface area contributed by atoms with Crippen molar-refractivity contribution in [1.29, 1.82) is 0 Å². The van der Waals surface area contributed by atoms with Crippen molar-refractivity contribution in [3.8, 4) is 0 Å². The Morgan fingerprint density at radius 1 is 1.32 bits per heavy atom. The average molecular weight is 297 g/mol. The van der Waals surface area contributed by atoms with Gasteiger partial charge < -0.3 is 5.32 Å². The summed E-state index contributed by atoms with van der Waals surface area (Å²) < 4.78 is 62.1. The van der Waals surface area contributed by atoms with Crippen LogP contribution in [0.4, 0.5) is 18.9 Å². The maximum absolute atomic E-state index is 12.3. The molecule has 1 rings (SSSR count). The van der Waals surface area contributed by atoms with Crippen LogP contribution < -0.4 is 10.0 Å². The lowest BCUT2D eigenvalue weighted by Gasteiger charge is -2.09. The molecule has 1 heterocycles. The number of nitrogens with one attached hydrogen (secondary N) is 2. The molecule has 0 aliphatic carbocycles. The lowest BCUT2D eigenvalue weighted by atomic mass is 10.3. The summed E-state index contributed by atoms with van der Waals surface area (Å²) in [7, 11) is -1.87. The van der Waals surface area contributed by atoms with Crippen molar-refractivity contribution in [2.45, 2.75) is 12.6 Å². The number of sulfonamides is 1. The Kier molecular flexibility index (Phi) is 5.12. The summed E-state index contributed by atoms with van der Waals surface area (Å²) in [6.45, 7) is 0.534. The Hall–Kier alpha value is -1.35. The molecule has 5 nitrogen and oxygen atoms in total. The van der Waals surface area contributed by atoms with E-state index in [0.29, 0.717) is 13.0 Å². The summed E-state index contributed by atoms with van der Waals surface area (Å²) >= 11 is 0. The number of nitrogens with zero attached hydrogens (tertiary/aromatic N) is 1. The molecule has 0 fully saturated rings. The van der Waals surface area contributed by atoms with Crippen LogP contribution in [0.1, 0.15) is 12.1 Å². The zero-order valence-electron chi connectivity index (χ0n) is 10.2. The van der Waals surface area contributed by atoms with Crippen LogP contribution in [0.3, 0.4) is 0 Å². The Bertz CT molecular complexity index is 500. The maximum atomic E-state index is 12.3. The number of alkyl halides is 3. The lowest BCUT2D eigenvalue weighted by Crippen LogP contribution is -2.20. The second kappa shape index (κ2) is 6.20. The van der Waals surface area contributed by atoms with E-state index in [9.17, 15) is 21.6 Å². The van der Waals surface area contributed by atoms with Gasteiger partial charge in [-0.3, -0.25) is 4.72 Å². The molecule has 0 aliphatic heterocycles. The first-order valence-electron chi connectivity index (χ1n) is 5.43. The molecule has 1 aromatic heterocycles. The molecule has 108 valence electrons. The number of halogens is 3. The molecule has 9 heteroatoms. The van der Waals surface area contributed by atoms with Gasteiger partial charge in [0.1, 0.15) is 5.69 Å². The van der Waals surface area contributed by atoms with Crippen LogP contribution in [0.2, 0.25) is 0 Å². The molecule has 0 radical (unpaired) electrons. The lowest BCUT2D eigenvalue weighted by molar-refractivity contribution is -0.141. The third kappa shape index (κ3) is 5.43. The summed E-state index contributed by atoms with van der Waals surface area (Å²) in [6, 6.07) is 1.76. The Morgan fingerprint density at radius 2 is 2.00 bits per heavy atom. The molecule has 0 aliphatic rings. The van der Waals surface area contributed by atoms with Gasteiger partial charge in [0.15, 0.2) is 0 Å². The zero-order chi connectivity index (χ0) is 14.5. The minimum absolute atomic E-state index is 0.0115. The molecular formula is C10H14F3N3O2S. The van der Waals surface area contributed by atoms with Gasteiger partial charge in [-0.05, 0) is 32.1 Å². The molecule has 2 N–H and O–H groups in total. The normalized spacial score (nSPS) is 12.4. The van der Waals surface area contributed by atoms with E-state index in [1.165, 1.54) is 0 Å². The molecule has 0 saturated heterocycles. The molecular weight excluding hydrogens is 283 g/mol. The third-order valence-corrected chi connectivity index (χ3v) is 3.54. The molecule has 0 aromatic carbocycles. The van der Waals surface area contributed by atoms with E-state index in [1.807, 2.05) is 0 Å². The predicted octanol–water partition coefficient (Wildman–Crippen LogP) is 1.45. The Balaban J connectivity index is 2.67. The van der Waals surface area contributed by atoms with Gasteiger partial charge >= 0.3 is 6.18 Å². The van der Waals surface area contributed by atoms with Gasteiger partial charge in [0.25, 0.3) is 0 Å². The fourth-order valence-corrected chi connectivity index (χ4v) is 2.40. The van der Waals surface area contributed by atoms with Gasteiger partial charge in [-0.1, -0.05) is 0 Å². The first kappa shape index (κ1) is 15.7. The number of rotatable bonds is 6. The van der Waals surface area contributed by atoms with E-state index in [1.54, 1.807) is 7.05 Å². The highest BCUT2D eigenvalue weighted by Gasteiger charge is 2.32. The Labute approximate surface area is 109 Å². The largest absolute Gasteiger partial charge is 0.433 e. The first-order valence-corrected chi connectivity index (χ1v) is 7.08. The molecule has 0 unspecified atom stereocenters. The predicted molar refractivity (Wildman–Crippen MR) is 65.2 cm³/mol. The molecule has 0 amide bonds. The summed E-state index contributed by atoms with van der Waals surface area (Å²) in [6.07, 6.45) is -3.29. The standard InChI is InChI=1S/C10H14F3N3O2S/c1-14-5-2-6-19(17,18)16-8-3-4-9(15-7-8)10(11,12)13/h3-4,7,14,16H,2,5-6H2,1H3. The van der Waals surface area contributed by atoms with Gasteiger partial charge in [-0.15, -0.1) is 0 Å². The van der Waals surface area contributed by atoms with Gasteiger partial charge in [0.05, 0.1) is 17.6 Å². The quantitative estimate of drug-likeness (QED) is 0.780. The van der Waals surface area contributed by atoms with E-state index < -0.39 is 21.9 Å². The summed E-state index contributed by atoms with van der Waals surface area (Å²) in [5.41, 5.74) is -1.05. The van der Waals surface area contributed by atoms with Crippen LogP contribution in [0.25, 0.3) is 0 Å². The molecule has 19 heavy (non-hydrogen) atoms. The van der Waals surface area contributed by atoms with Gasteiger partial charge in [-0.25, -0.2) is 13.4 Å². The third-order valence-electron chi connectivity index (χ3n) is 2.17. The maximum Gasteiger partial charge on any atom is 0.433 e. The molecule has 0 saturated carbocycles. The number of pyridine rings is 1. The second-order valence-corrected chi connectivity index (χ2v) is 5.65. The number of anilines is 1. The van der Waals surface area contributed by atoms with Crippen molar-refractivity contribution in [1.82, 2.24) is 10.3 Å². The summed E-state index contributed by atoms with van der Waals surface area (Å²) in [5.74, 6) is -0.116. The van der Waals surface area contributed by atoms with Crippen molar-refractivity contribution < 1.29 is 21.6 Å². The van der Waals surface area contributed by atoms with Gasteiger partial charge in [0.2, 0.25) is 10.0 Å². The molecule has 0 bridgehead atoms. The van der Waals surface area contributed by atoms with Crippen molar-refractivity contribution in [2.24, 2.45) is 0 Å². The van der Waals surface area contributed by atoms with E-state index in [2.05, 4.69) is 15.0 Å². The number of hydrogen-bond donors (Lipinski definition) is 2. The summed E-state index contributed by atoms with van der Waals surface area (Å²) in [5, 5.41) is 2.80. The van der Waals surface area contributed by atoms with Crippen LogP contribution in [0.5, 0.6) is 0 Å². The summed E-state index contributed by atoms with van der Waals surface area (Å²) in [4.78, 5) is 3.17. The molecule has 1 aromatic rings. The van der Waals surface area contributed by atoms with Crippen LogP contribution in [-0.4, -0.2) is 32.7 Å². The van der Waals surface area contributed by atoms with Crippen LogP contribution >= 0.6 is 0 Å². The van der Waals surface area contributed by atoms with E-state index in [-0.39, 0.29) is 11.4 Å². The van der Waals surface area contributed by atoms with Crippen LogP contribution in [-0.2, 0) is 16.2 Å². The van der Waals surface area contributed by atoms with E-state index in [4.69, 9.17) is 0 Å². The molecule has 0 atom stereocenters. The second-order valence-electron chi connectivity index (χ2n) is 3.81. The van der Waals surface area contributed by atoms with Crippen molar-refractivity contribution in [3.05, 3.63) is 24.0 Å². The zero-order valence-corrected chi connectivity index (χ0v) is 11.0. The smallest absolute Gasteiger partial charge is 0.320 e. The number of aromatic nitrogens is 1. The van der Waals surface area contributed by atoms with E-state index in [0.717, 1.165) is 18.3 Å². The minimum Gasteiger partial charge on any atom is -0.320 e. The first-order chi connectivity index (χ1) is 8.74. The topological polar surface area (TPSA) is 71.1 Å². The monoisotopic (exact) mass is 297 g/mol. The number of hydrogen-bond acceptors (Lipinski definition) is 4. The van der Waals surface area contributed by atoms with Crippen LogP contribution in [0.15, 0.2) is 18.3 Å². The molecule has 0 spiro atoms. The fraction of sp³-hybridized carbons (Fsp3) is 0.500. The Morgan fingerprint density at radius 3 is 2.47 bits per heavy atom. The van der Waals surface area contributed by atoms with Crippen molar-refractivity contribution in [3.63, 3.8) is 0 Å². The highest BCUT2D eigenvalue weighted by Crippen LogP contribution is 2.27. The highest BCUT2D eigenvalue weighted by atomic mass is 32.2. The van der Waals surface area contributed by atoms with Crippen LogP contribution in [0, 0.1) is 0 Å². The van der Waals surface area contributed by atoms with Crippen molar-refractivity contribution >= 4 is 15.7 Å².